The van der Waals surface area contributed by atoms with Crippen molar-refractivity contribution in [2.24, 2.45) is 0 Å². The number of amides is 1. The van der Waals surface area contributed by atoms with Gasteiger partial charge in [0.15, 0.2) is 0 Å². The Morgan fingerprint density at radius 2 is 1.60 bits per heavy atom. The summed E-state index contributed by atoms with van der Waals surface area (Å²) < 4.78 is 0. The maximum Gasteiger partial charge on any atom is 0.228 e. The minimum absolute atomic E-state index is 0.128. The highest BCUT2D eigenvalue weighted by Gasteiger charge is 2.25. The Morgan fingerprint density at radius 3 is 2.37 bits per heavy atom. The molecule has 0 unspecified atom stereocenters. The van der Waals surface area contributed by atoms with E-state index in [1.165, 1.54) is 11.3 Å². The minimum atomic E-state index is 0.128. The fraction of sp³-hybridized carbons (Fsp3) is 0.292. The van der Waals surface area contributed by atoms with E-state index in [1.807, 2.05) is 23.1 Å². The van der Waals surface area contributed by atoms with Crippen LogP contribution in [0.25, 0.3) is 11.3 Å². The molecule has 0 spiro atoms. The number of carbonyl (C=O) groups is 1. The van der Waals surface area contributed by atoms with Gasteiger partial charge in [-0.15, -0.1) is 0 Å². The summed E-state index contributed by atoms with van der Waals surface area (Å²) in [5.41, 5.74) is 4.59. The summed E-state index contributed by atoms with van der Waals surface area (Å²) >= 11 is 0. The van der Waals surface area contributed by atoms with Crippen LogP contribution in [0.4, 0.5) is 17.5 Å². The topological polar surface area (TPSA) is 52.6 Å². The fourth-order valence-corrected chi connectivity index (χ4v) is 4.26. The van der Waals surface area contributed by atoms with Gasteiger partial charge >= 0.3 is 0 Å². The molecule has 2 aliphatic heterocycles. The second-order valence-corrected chi connectivity index (χ2v) is 7.80. The van der Waals surface area contributed by atoms with E-state index in [2.05, 4.69) is 52.3 Å². The van der Waals surface area contributed by atoms with Gasteiger partial charge in [0.25, 0.3) is 0 Å². The number of para-hydroxylation sites is 1. The predicted molar refractivity (Wildman–Crippen MR) is 119 cm³/mol. The zero-order chi connectivity index (χ0) is 20.5. The molecule has 1 aromatic heterocycles. The number of hydrogen-bond donors (Lipinski definition) is 0. The molecular formula is C24H25N5O. The maximum atomic E-state index is 11.7. The average Bonchev–Trinajstić information content (AvgIpc) is 3.24. The lowest BCUT2D eigenvalue weighted by Crippen LogP contribution is -2.48. The molecule has 6 heteroatoms. The summed E-state index contributed by atoms with van der Waals surface area (Å²) in [6, 6.07) is 20.9. The maximum absolute atomic E-state index is 11.7. The molecule has 0 bridgehead atoms. The zero-order valence-electron chi connectivity index (χ0n) is 17.2. The van der Waals surface area contributed by atoms with Crippen LogP contribution >= 0.6 is 0 Å². The number of hydrogen-bond acceptors (Lipinski definition) is 5. The van der Waals surface area contributed by atoms with Crippen molar-refractivity contribution in [1.82, 2.24) is 14.9 Å². The molecule has 3 aromatic rings. The molecule has 0 saturated carbocycles. The lowest BCUT2D eigenvalue weighted by molar-refractivity contribution is -0.129. The highest BCUT2D eigenvalue weighted by atomic mass is 16.2. The Hall–Kier alpha value is -3.41. The van der Waals surface area contributed by atoms with Crippen molar-refractivity contribution in [1.29, 1.82) is 0 Å². The van der Waals surface area contributed by atoms with Crippen LogP contribution < -0.4 is 9.80 Å². The number of aromatic nitrogens is 2. The van der Waals surface area contributed by atoms with E-state index < -0.39 is 0 Å². The Labute approximate surface area is 176 Å². The van der Waals surface area contributed by atoms with E-state index >= 15 is 0 Å². The quantitative estimate of drug-likeness (QED) is 0.675. The van der Waals surface area contributed by atoms with Crippen LogP contribution in [-0.2, 0) is 11.2 Å². The largest absolute Gasteiger partial charge is 0.339 e. The second-order valence-electron chi connectivity index (χ2n) is 7.80. The second kappa shape index (κ2) is 7.78. The summed E-state index contributed by atoms with van der Waals surface area (Å²) in [6.07, 6.45) is 1.02. The number of anilines is 3. The van der Waals surface area contributed by atoms with Crippen LogP contribution in [0, 0.1) is 0 Å². The van der Waals surface area contributed by atoms with Gasteiger partial charge in [-0.3, -0.25) is 4.79 Å². The van der Waals surface area contributed by atoms with Gasteiger partial charge in [0, 0.05) is 57.0 Å². The van der Waals surface area contributed by atoms with E-state index in [0.717, 1.165) is 49.1 Å². The van der Waals surface area contributed by atoms with Gasteiger partial charge in [-0.25, -0.2) is 4.98 Å². The lowest BCUT2D eigenvalue weighted by atomic mass is 10.1. The summed E-state index contributed by atoms with van der Waals surface area (Å²) in [5, 5.41) is 0. The first kappa shape index (κ1) is 18.6. The normalized spacial score (nSPS) is 16.0. The summed E-state index contributed by atoms with van der Waals surface area (Å²) in [4.78, 5) is 27.9. The monoisotopic (exact) mass is 399 g/mol. The highest BCUT2D eigenvalue weighted by molar-refractivity contribution is 5.74. The third-order valence-electron chi connectivity index (χ3n) is 5.94. The summed E-state index contributed by atoms with van der Waals surface area (Å²) in [6.45, 7) is 5.45. The van der Waals surface area contributed by atoms with Crippen molar-refractivity contribution >= 4 is 23.4 Å². The van der Waals surface area contributed by atoms with Crippen molar-refractivity contribution in [2.75, 3.05) is 42.5 Å². The van der Waals surface area contributed by atoms with Crippen molar-refractivity contribution in [3.8, 4) is 11.3 Å². The Kier molecular flexibility index (Phi) is 4.83. The van der Waals surface area contributed by atoms with Gasteiger partial charge in [0.1, 0.15) is 5.82 Å². The number of carbonyl (C=O) groups excluding carboxylic acids is 1. The minimum Gasteiger partial charge on any atom is -0.339 e. The fourth-order valence-electron chi connectivity index (χ4n) is 4.26. The van der Waals surface area contributed by atoms with Crippen molar-refractivity contribution in [3.05, 3.63) is 66.2 Å². The van der Waals surface area contributed by atoms with E-state index in [-0.39, 0.29) is 5.91 Å². The first-order valence-electron chi connectivity index (χ1n) is 10.5. The van der Waals surface area contributed by atoms with Crippen molar-refractivity contribution < 1.29 is 4.79 Å². The summed E-state index contributed by atoms with van der Waals surface area (Å²) in [5.74, 6) is 1.79. The van der Waals surface area contributed by atoms with Gasteiger partial charge in [-0.05, 0) is 18.1 Å². The molecule has 30 heavy (non-hydrogen) atoms. The first-order chi connectivity index (χ1) is 14.7. The van der Waals surface area contributed by atoms with Gasteiger partial charge in [0.05, 0.1) is 5.69 Å². The number of piperazine rings is 1. The summed E-state index contributed by atoms with van der Waals surface area (Å²) in [7, 11) is 0. The van der Waals surface area contributed by atoms with Crippen LogP contribution in [0.15, 0.2) is 60.7 Å². The Morgan fingerprint density at radius 1 is 0.867 bits per heavy atom. The average molecular weight is 399 g/mol. The third kappa shape index (κ3) is 3.49. The molecule has 152 valence electrons. The molecule has 3 heterocycles. The van der Waals surface area contributed by atoms with Crippen LogP contribution in [0.1, 0.15) is 12.5 Å². The SMILES string of the molecule is CC(=O)N1CCN(c2nc(-c3ccccc3)cc(N3CCc4ccccc43)n2)CC1. The van der Waals surface area contributed by atoms with Crippen LogP contribution in [0.2, 0.25) is 0 Å². The molecule has 1 amide bonds. The van der Waals surface area contributed by atoms with Crippen molar-refractivity contribution in [3.63, 3.8) is 0 Å². The molecule has 1 saturated heterocycles. The first-order valence-corrected chi connectivity index (χ1v) is 10.5. The third-order valence-corrected chi connectivity index (χ3v) is 5.94. The Bertz CT molecular complexity index is 1060. The zero-order valence-corrected chi connectivity index (χ0v) is 17.2. The lowest BCUT2D eigenvalue weighted by Gasteiger charge is -2.34. The molecule has 0 aliphatic carbocycles. The molecule has 1 fully saturated rings. The number of nitrogens with zero attached hydrogens (tertiary/aromatic N) is 5. The van der Waals surface area contributed by atoms with Gasteiger partial charge in [0.2, 0.25) is 11.9 Å². The molecule has 2 aromatic carbocycles. The van der Waals surface area contributed by atoms with Crippen LogP contribution in [0.5, 0.6) is 0 Å². The number of fused-ring (bicyclic) bond motifs is 1. The molecule has 5 rings (SSSR count). The van der Waals surface area contributed by atoms with Crippen LogP contribution in [-0.4, -0.2) is 53.5 Å². The molecule has 0 atom stereocenters. The highest BCUT2D eigenvalue weighted by Crippen LogP contribution is 2.35. The van der Waals surface area contributed by atoms with Gasteiger partial charge in [-0.2, -0.15) is 4.98 Å². The number of rotatable bonds is 3. The molecule has 0 N–H and O–H groups in total. The predicted octanol–water partition coefficient (Wildman–Crippen LogP) is 3.51. The molecule has 6 nitrogen and oxygen atoms in total. The molecule has 0 radical (unpaired) electrons. The van der Waals surface area contributed by atoms with E-state index in [0.29, 0.717) is 13.1 Å². The van der Waals surface area contributed by atoms with Crippen LogP contribution in [0.3, 0.4) is 0 Å². The van der Waals surface area contributed by atoms with Gasteiger partial charge < -0.3 is 14.7 Å². The molecule has 2 aliphatic rings. The Balaban J connectivity index is 1.53. The van der Waals surface area contributed by atoms with E-state index in [9.17, 15) is 4.79 Å². The standard InChI is InChI=1S/C24H25N5O/c1-18(30)27-13-15-28(16-14-27)24-25-21(19-7-3-2-4-8-19)17-23(26-24)29-12-11-20-9-5-6-10-22(20)29/h2-10,17H,11-16H2,1H3. The smallest absolute Gasteiger partial charge is 0.228 e. The number of benzene rings is 2. The van der Waals surface area contributed by atoms with Crippen molar-refractivity contribution in [2.45, 2.75) is 13.3 Å². The van der Waals surface area contributed by atoms with E-state index in [1.54, 1.807) is 6.92 Å². The van der Waals surface area contributed by atoms with Gasteiger partial charge in [-0.1, -0.05) is 48.5 Å². The molecular weight excluding hydrogens is 374 g/mol. The van der Waals surface area contributed by atoms with E-state index in [4.69, 9.17) is 9.97 Å².